The molecule has 0 spiro atoms. The van der Waals surface area contributed by atoms with E-state index in [2.05, 4.69) is 5.10 Å². The van der Waals surface area contributed by atoms with Crippen molar-refractivity contribution in [3.05, 3.63) is 47.5 Å². The van der Waals surface area contributed by atoms with Crippen LogP contribution in [0.1, 0.15) is 35.8 Å². The molecule has 2 heterocycles. The van der Waals surface area contributed by atoms with Crippen molar-refractivity contribution in [1.29, 1.82) is 0 Å². The van der Waals surface area contributed by atoms with Crippen molar-refractivity contribution >= 4 is 5.91 Å². The lowest BCUT2D eigenvalue weighted by Gasteiger charge is -2.15. The van der Waals surface area contributed by atoms with Crippen LogP contribution in [-0.4, -0.2) is 33.7 Å². The standard InChI is InChI=1S/C16H18FN3O/c1-2-15-14(16(21)19-9-3-4-10-19)11-18-20(15)13-7-5-12(17)6-8-13/h5-8,11H,2-4,9-10H2,1H3. The smallest absolute Gasteiger partial charge is 0.257 e. The lowest BCUT2D eigenvalue weighted by atomic mass is 10.1. The summed E-state index contributed by atoms with van der Waals surface area (Å²) in [5.41, 5.74) is 2.30. The summed E-state index contributed by atoms with van der Waals surface area (Å²) >= 11 is 0. The van der Waals surface area contributed by atoms with Crippen LogP contribution in [0.2, 0.25) is 0 Å². The van der Waals surface area contributed by atoms with E-state index in [0.29, 0.717) is 12.0 Å². The summed E-state index contributed by atoms with van der Waals surface area (Å²) in [6.45, 7) is 3.64. The van der Waals surface area contributed by atoms with Crippen LogP contribution >= 0.6 is 0 Å². The molecule has 21 heavy (non-hydrogen) atoms. The summed E-state index contributed by atoms with van der Waals surface area (Å²) in [7, 11) is 0. The molecule has 1 aromatic carbocycles. The van der Waals surface area contributed by atoms with Gasteiger partial charge in [-0.15, -0.1) is 0 Å². The van der Waals surface area contributed by atoms with Gasteiger partial charge in [0.15, 0.2) is 0 Å². The molecule has 0 N–H and O–H groups in total. The highest BCUT2D eigenvalue weighted by molar-refractivity contribution is 5.95. The van der Waals surface area contributed by atoms with Gasteiger partial charge in [0, 0.05) is 13.1 Å². The Morgan fingerprint density at radius 1 is 1.24 bits per heavy atom. The maximum atomic E-state index is 13.0. The molecule has 2 aromatic rings. The molecule has 1 saturated heterocycles. The van der Waals surface area contributed by atoms with Gasteiger partial charge in [0.25, 0.3) is 5.91 Å². The van der Waals surface area contributed by atoms with Crippen LogP contribution in [0.5, 0.6) is 0 Å². The SMILES string of the molecule is CCc1c(C(=O)N2CCCC2)cnn1-c1ccc(F)cc1. The fourth-order valence-electron chi connectivity index (χ4n) is 2.79. The van der Waals surface area contributed by atoms with Gasteiger partial charge < -0.3 is 4.90 Å². The summed E-state index contributed by atoms with van der Waals surface area (Å²) in [6, 6.07) is 6.15. The van der Waals surface area contributed by atoms with Gasteiger partial charge in [-0.05, 0) is 43.5 Å². The topological polar surface area (TPSA) is 38.1 Å². The van der Waals surface area contributed by atoms with E-state index in [4.69, 9.17) is 0 Å². The number of rotatable bonds is 3. The summed E-state index contributed by atoms with van der Waals surface area (Å²) in [5.74, 6) is -0.227. The number of hydrogen-bond donors (Lipinski definition) is 0. The van der Waals surface area contributed by atoms with Crippen LogP contribution in [0.4, 0.5) is 4.39 Å². The Kier molecular flexibility index (Phi) is 3.73. The third-order valence-electron chi connectivity index (χ3n) is 3.90. The van der Waals surface area contributed by atoms with Crippen molar-refractivity contribution in [2.75, 3.05) is 13.1 Å². The van der Waals surface area contributed by atoms with E-state index < -0.39 is 0 Å². The molecule has 5 heteroatoms. The predicted octanol–water partition coefficient (Wildman–Crippen LogP) is 2.81. The number of halogens is 1. The lowest BCUT2D eigenvalue weighted by Crippen LogP contribution is -2.28. The zero-order valence-corrected chi connectivity index (χ0v) is 12.1. The monoisotopic (exact) mass is 287 g/mol. The number of hydrogen-bond acceptors (Lipinski definition) is 2. The minimum atomic E-state index is -0.280. The Balaban J connectivity index is 1.96. The summed E-state index contributed by atoms with van der Waals surface area (Å²) < 4.78 is 14.8. The number of nitrogens with zero attached hydrogens (tertiary/aromatic N) is 3. The zero-order valence-electron chi connectivity index (χ0n) is 12.1. The Labute approximate surface area is 123 Å². The summed E-state index contributed by atoms with van der Waals surface area (Å²) in [6.07, 6.45) is 4.47. The normalized spacial score (nSPS) is 14.7. The predicted molar refractivity (Wildman–Crippen MR) is 78.0 cm³/mol. The van der Waals surface area contributed by atoms with E-state index in [9.17, 15) is 9.18 Å². The molecule has 0 atom stereocenters. The molecule has 0 bridgehead atoms. The van der Waals surface area contributed by atoms with Crippen LogP contribution in [0.3, 0.4) is 0 Å². The minimum absolute atomic E-state index is 0.0534. The van der Waals surface area contributed by atoms with E-state index in [1.807, 2.05) is 11.8 Å². The molecular weight excluding hydrogens is 269 g/mol. The van der Waals surface area contributed by atoms with E-state index in [1.165, 1.54) is 12.1 Å². The Bertz CT molecular complexity index is 642. The largest absolute Gasteiger partial charge is 0.339 e. The van der Waals surface area contributed by atoms with Gasteiger partial charge in [-0.2, -0.15) is 5.10 Å². The molecule has 1 aliphatic rings. The third kappa shape index (κ3) is 2.55. The van der Waals surface area contributed by atoms with Gasteiger partial charge in [0.05, 0.1) is 23.1 Å². The van der Waals surface area contributed by atoms with Crippen LogP contribution in [0, 0.1) is 5.82 Å². The van der Waals surface area contributed by atoms with E-state index in [0.717, 1.165) is 37.3 Å². The zero-order chi connectivity index (χ0) is 14.8. The van der Waals surface area contributed by atoms with Crippen LogP contribution < -0.4 is 0 Å². The van der Waals surface area contributed by atoms with Crippen LogP contribution in [0.25, 0.3) is 5.69 Å². The second-order valence-corrected chi connectivity index (χ2v) is 5.25. The first kappa shape index (κ1) is 13.8. The van der Waals surface area contributed by atoms with E-state index in [-0.39, 0.29) is 11.7 Å². The number of carbonyl (C=O) groups excluding carboxylic acids is 1. The molecule has 0 aliphatic carbocycles. The molecule has 110 valence electrons. The molecular formula is C16H18FN3O. The quantitative estimate of drug-likeness (QED) is 0.870. The number of benzene rings is 1. The van der Waals surface area contributed by atoms with Crippen molar-refractivity contribution in [2.24, 2.45) is 0 Å². The molecule has 4 nitrogen and oxygen atoms in total. The number of carbonyl (C=O) groups is 1. The van der Waals surface area contributed by atoms with Gasteiger partial charge in [0.2, 0.25) is 0 Å². The fraction of sp³-hybridized carbons (Fsp3) is 0.375. The van der Waals surface area contributed by atoms with Crippen LogP contribution in [0.15, 0.2) is 30.5 Å². The van der Waals surface area contributed by atoms with Gasteiger partial charge in [0.1, 0.15) is 5.82 Å². The van der Waals surface area contributed by atoms with Gasteiger partial charge in [-0.1, -0.05) is 6.92 Å². The average Bonchev–Trinajstić information content (AvgIpc) is 3.16. The van der Waals surface area contributed by atoms with Crippen molar-refractivity contribution in [3.63, 3.8) is 0 Å². The number of likely N-dealkylation sites (tertiary alicyclic amines) is 1. The molecule has 1 fully saturated rings. The maximum absolute atomic E-state index is 13.0. The Hall–Kier alpha value is -2.17. The highest BCUT2D eigenvalue weighted by atomic mass is 19.1. The van der Waals surface area contributed by atoms with Gasteiger partial charge >= 0.3 is 0 Å². The first-order valence-corrected chi connectivity index (χ1v) is 7.33. The molecule has 3 rings (SSSR count). The summed E-state index contributed by atoms with van der Waals surface area (Å²) in [4.78, 5) is 14.4. The molecule has 1 amide bonds. The van der Waals surface area contributed by atoms with Crippen molar-refractivity contribution < 1.29 is 9.18 Å². The highest BCUT2D eigenvalue weighted by Gasteiger charge is 2.24. The highest BCUT2D eigenvalue weighted by Crippen LogP contribution is 2.20. The fourth-order valence-corrected chi connectivity index (χ4v) is 2.79. The Morgan fingerprint density at radius 3 is 2.52 bits per heavy atom. The van der Waals surface area contributed by atoms with Crippen molar-refractivity contribution in [2.45, 2.75) is 26.2 Å². The van der Waals surface area contributed by atoms with E-state index in [1.54, 1.807) is 23.0 Å². The molecule has 1 aromatic heterocycles. The second-order valence-electron chi connectivity index (χ2n) is 5.25. The molecule has 0 radical (unpaired) electrons. The first-order valence-electron chi connectivity index (χ1n) is 7.33. The average molecular weight is 287 g/mol. The van der Waals surface area contributed by atoms with Gasteiger partial charge in [-0.3, -0.25) is 4.79 Å². The molecule has 1 aliphatic heterocycles. The van der Waals surface area contributed by atoms with Crippen molar-refractivity contribution in [1.82, 2.24) is 14.7 Å². The third-order valence-corrected chi connectivity index (χ3v) is 3.90. The number of amides is 1. The maximum Gasteiger partial charge on any atom is 0.257 e. The Morgan fingerprint density at radius 2 is 1.90 bits per heavy atom. The lowest BCUT2D eigenvalue weighted by molar-refractivity contribution is 0.0791. The van der Waals surface area contributed by atoms with Crippen LogP contribution in [-0.2, 0) is 6.42 Å². The summed E-state index contributed by atoms with van der Waals surface area (Å²) in [5, 5.41) is 4.33. The molecule has 0 unspecified atom stereocenters. The van der Waals surface area contributed by atoms with Crippen molar-refractivity contribution in [3.8, 4) is 5.69 Å². The van der Waals surface area contributed by atoms with Gasteiger partial charge in [-0.25, -0.2) is 9.07 Å². The van der Waals surface area contributed by atoms with E-state index >= 15 is 0 Å². The number of aromatic nitrogens is 2. The molecule has 0 saturated carbocycles. The first-order chi connectivity index (χ1) is 10.2. The minimum Gasteiger partial charge on any atom is -0.339 e. The second kappa shape index (κ2) is 5.68.